The van der Waals surface area contributed by atoms with E-state index in [2.05, 4.69) is 17.9 Å². The van der Waals surface area contributed by atoms with Gasteiger partial charge >= 0.3 is 0 Å². The summed E-state index contributed by atoms with van der Waals surface area (Å²) in [6.07, 6.45) is 0.475. The van der Waals surface area contributed by atoms with Crippen LogP contribution in [-0.4, -0.2) is 11.7 Å². The van der Waals surface area contributed by atoms with Gasteiger partial charge in [0.05, 0.1) is 18.2 Å². The number of aliphatic hydroxyl groups is 1. The smallest absolute Gasteiger partial charge is 0.119 e. The van der Waals surface area contributed by atoms with Gasteiger partial charge in [-0.05, 0) is 30.3 Å². The first-order valence-electron chi connectivity index (χ1n) is 6.64. The van der Waals surface area contributed by atoms with Crippen LogP contribution in [0.5, 0.6) is 5.75 Å². The normalized spacial score (nSPS) is 9.33. The molecule has 104 valence electrons. The third-order valence-electron chi connectivity index (χ3n) is 2.86. The van der Waals surface area contributed by atoms with E-state index in [1.54, 1.807) is 6.07 Å². The van der Waals surface area contributed by atoms with Crippen LogP contribution in [0, 0.1) is 23.2 Å². The molecule has 0 radical (unpaired) electrons. The highest BCUT2D eigenvalue weighted by molar-refractivity contribution is 5.39. The predicted octanol–water partition coefficient (Wildman–Crippen LogP) is 2.87. The van der Waals surface area contributed by atoms with Gasteiger partial charge in [0.1, 0.15) is 12.4 Å². The summed E-state index contributed by atoms with van der Waals surface area (Å²) >= 11 is 0. The van der Waals surface area contributed by atoms with Gasteiger partial charge in [-0.1, -0.05) is 30.0 Å². The molecule has 3 heteroatoms. The van der Waals surface area contributed by atoms with E-state index in [-0.39, 0.29) is 6.61 Å². The molecule has 0 saturated carbocycles. The molecule has 0 atom stereocenters. The minimum atomic E-state index is 0.0759. The Kier molecular flexibility index (Phi) is 5.41. The monoisotopic (exact) mass is 277 g/mol. The quantitative estimate of drug-likeness (QED) is 0.874. The molecule has 0 unspecified atom stereocenters. The molecule has 1 N–H and O–H groups in total. The molecule has 0 aliphatic rings. The van der Waals surface area contributed by atoms with Crippen molar-refractivity contribution in [3.63, 3.8) is 0 Å². The van der Waals surface area contributed by atoms with Crippen molar-refractivity contribution in [2.45, 2.75) is 13.0 Å². The van der Waals surface area contributed by atoms with E-state index in [9.17, 15) is 0 Å². The molecular formula is C18H15NO2. The van der Waals surface area contributed by atoms with Crippen molar-refractivity contribution in [3.8, 4) is 23.7 Å². The molecule has 2 rings (SSSR count). The molecular weight excluding hydrogens is 262 g/mol. The molecule has 0 fully saturated rings. The Balaban J connectivity index is 1.98. The van der Waals surface area contributed by atoms with Crippen LogP contribution in [-0.2, 0) is 6.61 Å². The largest absolute Gasteiger partial charge is 0.489 e. The fourth-order valence-electron chi connectivity index (χ4n) is 1.77. The Labute approximate surface area is 124 Å². The van der Waals surface area contributed by atoms with E-state index in [1.807, 2.05) is 42.5 Å². The second-order valence-corrected chi connectivity index (χ2v) is 4.36. The van der Waals surface area contributed by atoms with Crippen LogP contribution < -0.4 is 4.74 Å². The number of benzene rings is 2. The van der Waals surface area contributed by atoms with Crippen LogP contribution in [0.15, 0.2) is 48.5 Å². The summed E-state index contributed by atoms with van der Waals surface area (Å²) in [5.41, 5.74) is 2.38. The molecule has 2 aromatic rings. The molecule has 0 aliphatic carbocycles. The zero-order valence-corrected chi connectivity index (χ0v) is 11.5. The lowest BCUT2D eigenvalue weighted by Crippen LogP contribution is -1.98. The third kappa shape index (κ3) is 4.38. The van der Waals surface area contributed by atoms with E-state index in [0.717, 1.165) is 16.9 Å². The van der Waals surface area contributed by atoms with Gasteiger partial charge in [0, 0.05) is 17.5 Å². The van der Waals surface area contributed by atoms with Gasteiger partial charge in [-0.3, -0.25) is 0 Å². The Bertz CT molecular complexity index is 688. The summed E-state index contributed by atoms with van der Waals surface area (Å²) in [5.74, 6) is 6.55. The Morgan fingerprint density at radius 3 is 2.52 bits per heavy atom. The molecule has 21 heavy (non-hydrogen) atoms. The van der Waals surface area contributed by atoms with Crippen molar-refractivity contribution in [2.75, 3.05) is 6.61 Å². The van der Waals surface area contributed by atoms with E-state index in [1.165, 1.54) is 0 Å². The zero-order valence-electron chi connectivity index (χ0n) is 11.5. The number of hydrogen-bond donors (Lipinski definition) is 1. The van der Waals surface area contributed by atoms with Crippen molar-refractivity contribution in [3.05, 3.63) is 65.2 Å². The first-order valence-corrected chi connectivity index (χ1v) is 6.64. The summed E-state index contributed by atoms with van der Waals surface area (Å²) in [6, 6.07) is 17.0. The van der Waals surface area contributed by atoms with Crippen molar-refractivity contribution >= 4 is 0 Å². The average Bonchev–Trinajstić information content (AvgIpc) is 2.54. The topological polar surface area (TPSA) is 53.2 Å². The molecule has 0 heterocycles. The maximum Gasteiger partial charge on any atom is 0.119 e. The lowest BCUT2D eigenvalue weighted by molar-refractivity contribution is 0.305. The highest BCUT2D eigenvalue weighted by atomic mass is 16.5. The summed E-state index contributed by atoms with van der Waals surface area (Å²) < 4.78 is 5.68. The van der Waals surface area contributed by atoms with Crippen molar-refractivity contribution in [1.82, 2.24) is 0 Å². The fraction of sp³-hybridized carbons (Fsp3) is 0.167. The SMILES string of the molecule is N#Cc1ccccc1COc1ccc(C#CCCO)cc1. The Morgan fingerprint density at radius 1 is 1.05 bits per heavy atom. The number of rotatable bonds is 4. The van der Waals surface area contributed by atoms with E-state index < -0.39 is 0 Å². The minimum absolute atomic E-state index is 0.0759. The van der Waals surface area contributed by atoms with Gasteiger partial charge in [0.15, 0.2) is 0 Å². The first-order chi connectivity index (χ1) is 10.3. The molecule has 0 saturated heterocycles. The van der Waals surface area contributed by atoms with Crippen molar-refractivity contribution < 1.29 is 9.84 Å². The molecule has 0 bridgehead atoms. The first kappa shape index (κ1) is 14.7. The summed E-state index contributed by atoms with van der Waals surface area (Å²) in [4.78, 5) is 0. The van der Waals surface area contributed by atoms with Gasteiger partial charge in [-0.2, -0.15) is 5.26 Å². The van der Waals surface area contributed by atoms with Crippen molar-refractivity contribution in [1.29, 1.82) is 5.26 Å². The van der Waals surface area contributed by atoms with E-state index in [0.29, 0.717) is 18.6 Å². The highest BCUT2D eigenvalue weighted by Gasteiger charge is 2.01. The lowest BCUT2D eigenvalue weighted by atomic mass is 10.1. The van der Waals surface area contributed by atoms with Crippen molar-refractivity contribution in [2.24, 2.45) is 0 Å². The van der Waals surface area contributed by atoms with E-state index in [4.69, 9.17) is 15.1 Å². The Hall–Kier alpha value is -2.75. The van der Waals surface area contributed by atoms with Gasteiger partial charge in [-0.25, -0.2) is 0 Å². The number of ether oxygens (including phenoxy) is 1. The maximum atomic E-state index is 9.02. The molecule has 0 aromatic heterocycles. The number of aliphatic hydroxyl groups excluding tert-OH is 1. The number of nitrogens with zero attached hydrogens (tertiary/aromatic N) is 1. The predicted molar refractivity (Wildman–Crippen MR) is 80.5 cm³/mol. The van der Waals surface area contributed by atoms with E-state index >= 15 is 0 Å². The molecule has 0 amide bonds. The van der Waals surface area contributed by atoms with Crippen LogP contribution >= 0.6 is 0 Å². The standard InChI is InChI=1S/C18H15NO2/c19-13-16-6-1-2-7-17(16)14-21-18-10-8-15(9-11-18)5-3-4-12-20/h1-2,6-11,20H,4,12,14H2. The maximum absolute atomic E-state index is 9.02. The Morgan fingerprint density at radius 2 is 1.81 bits per heavy atom. The number of nitriles is 1. The van der Waals surface area contributed by atoms with Gasteiger partial charge < -0.3 is 9.84 Å². The molecule has 3 nitrogen and oxygen atoms in total. The molecule has 0 spiro atoms. The zero-order chi connectivity index (χ0) is 14.9. The fourth-order valence-corrected chi connectivity index (χ4v) is 1.77. The van der Waals surface area contributed by atoms with Gasteiger partial charge in [0.25, 0.3) is 0 Å². The second kappa shape index (κ2) is 7.75. The summed E-state index contributed by atoms with van der Waals surface area (Å²) in [6.45, 7) is 0.436. The number of hydrogen-bond acceptors (Lipinski definition) is 3. The van der Waals surface area contributed by atoms with Crippen LogP contribution in [0.2, 0.25) is 0 Å². The van der Waals surface area contributed by atoms with Gasteiger partial charge in [0.2, 0.25) is 0 Å². The summed E-state index contributed by atoms with van der Waals surface area (Å²) in [7, 11) is 0. The van der Waals surface area contributed by atoms with Gasteiger partial charge in [-0.15, -0.1) is 0 Å². The molecule has 0 aliphatic heterocycles. The van der Waals surface area contributed by atoms with Crippen LogP contribution in [0.25, 0.3) is 0 Å². The van der Waals surface area contributed by atoms with Crippen LogP contribution in [0.1, 0.15) is 23.1 Å². The minimum Gasteiger partial charge on any atom is -0.489 e. The molecule has 2 aromatic carbocycles. The third-order valence-corrected chi connectivity index (χ3v) is 2.86. The lowest BCUT2D eigenvalue weighted by Gasteiger charge is -2.07. The summed E-state index contributed by atoms with van der Waals surface area (Å²) in [5, 5.41) is 17.7. The second-order valence-electron chi connectivity index (χ2n) is 4.36. The van der Waals surface area contributed by atoms with Crippen LogP contribution in [0.4, 0.5) is 0 Å². The van der Waals surface area contributed by atoms with Crippen LogP contribution in [0.3, 0.4) is 0 Å². The average molecular weight is 277 g/mol. The highest BCUT2D eigenvalue weighted by Crippen LogP contribution is 2.15.